The molecule has 0 aliphatic carbocycles. The topological polar surface area (TPSA) is 93.0 Å². The van der Waals surface area contributed by atoms with Gasteiger partial charge in [0.25, 0.3) is 0 Å². The number of rotatable bonds is 8. The highest BCUT2D eigenvalue weighted by molar-refractivity contribution is 7.89. The summed E-state index contributed by atoms with van der Waals surface area (Å²) in [5.41, 5.74) is 1.19. The van der Waals surface area contributed by atoms with Crippen molar-refractivity contribution in [2.45, 2.75) is 38.5 Å². The average molecular weight is 462 g/mol. The number of aromatic nitrogens is 1. The standard InChI is InChI=1S/C23H31N3O5S/c1-5-25(6-2)23(27)19-13-15-26(16-14-19)32(28,29)22-17(3)24-31-21(22)12-9-18-7-10-20(30-4)11-8-18/h7-12,19H,5-6,13-16H2,1-4H3/b12-9+. The quantitative estimate of drug-likeness (QED) is 0.598. The van der Waals surface area contributed by atoms with Gasteiger partial charge in [-0.1, -0.05) is 23.4 Å². The van der Waals surface area contributed by atoms with Gasteiger partial charge in [0.1, 0.15) is 11.4 Å². The molecule has 1 aliphatic heterocycles. The van der Waals surface area contributed by atoms with Crippen LogP contribution in [0.1, 0.15) is 43.7 Å². The van der Waals surface area contributed by atoms with Crippen molar-refractivity contribution in [1.29, 1.82) is 0 Å². The second-order valence-corrected chi connectivity index (χ2v) is 9.63. The van der Waals surface area contributed by atoms with E-state index >= 15 is 0 Å². The Hall–Kier alpha value is -2.65. The van der Waals surface area contributed by atoms with Gasteiger partial charge in [-0.15, -0.1) is 0 Å². The summed E-state index contributed by atoms with van der Waals surface area (Å²) >= 11 is 0. The summed E-state index contributed by atoms with van der Waals surface area (Å²) in [6.45, 7) is 7.46. The predicted molar refractivity (Wildman–Crippen MR) is 123 cm³/mol. The molecule has 2 heterocycles. The molecule has 0 bridgehead atoms. The minimum absolute atomic E-state index is 0.0794. The Labute approximate surface area is 189 Å². The maximum absolute atomic E-state index is 13.4. The second kappa shape index (κ2) is 10.3. The molecule has 0 unspecified atom stereocenters. The third-order valence-electron chi connectivity index (χ3n) is 5.85. The molecule has 0 radical (unpaired) electrons. The second-order valence-electron chi connectivity index (χ2n) is 7.76. The number of aryl methyl sites for hydroxylation is 1. The Morgan fingerprint density at radius 3 is 2.38 bits per heavy atom. The number of sulfonamides is 1. The van der Waals surface area contributed by atoms with E-state index in [9.17, 15) is 13.2 Å². The van der Waals surface area contributed by atoms with Crippen LogP contribution in [0.3, 0.4) is 0 Å². The zero-order valence-electron chi connectivity index (χ0n) is 19.1. The SMILES string of the molecule is CCN(CC)C(=O)C1CCN(S(=O)(=O)c2c(C)noc2/C=C/c2ccc(OC)cc2)CC1. The van der Waals surface area contributed by atoms with Crippen LogP contribution in [0.25, 0.3) is 12.2 Å². The van der Waals surface area contributed by atoms with E-state index in [-0.39, 0.29) is 22.5 Å². The summed E-state index contributed by atoms with van der Waals surface area (Å²) < 4.78 is 38.7. The number of carbonyl (C=O) groups excluding carboxylic acids is 1. The highest BCUT2D eigenvalue weighted by atomic mass is 32.2. The number of amides is 1. The number of benzene rings is 1. The van der Waals surface area contributed by atoms with Crippen molar-refractivity contribution < 1.29 is 22.5 Å². The molecule has 1 aliphatic rings. The van der Waals surface area contributed by atoms with Gasteiger partial charge < -0.3 is 14.2 Å². The molecule has 3 rings (SSSR count). The Bertz CT molecular complexity index is 1050. The molecule has 8 nitrogen and oxygen atoms in total. The molecule has 1 aromatic carbocycles. The van der Waals surface area contributed by atoms with Crippen LogP contribution in [-0.2, 0) is 14.8 Å². The van der Waals surface area contributed by atoms with Gasteiger partial charge in [-0.2, -0.15) is 4.31 Å². The van der Waals surface area contributed by atoms with Crippen LogP contribution in [0.5, 0.6) is 5.75 Å². The van der Waals surface area contributed by atoms with Crippen molar-refractivity contribution >= 4 is 28.1 Å². The first-order valence-electron chi connectivity index (χ1n) is 10.9. The lowest BCUT2D eigenvalue weighted by Crippen LogP contribution is -2.44. The van der Waals surface area contributed by atoms with E-state index in [0.717, 1.165) is 11.3 Å². The summed E-state index contributed by atoms with van der Waals surface area (Å²) in [7, 11) is -2.20. The van der Waals surface area contributed by atoms with Gasteiger partial charge in [0.15, 0.2) is 10.7 Å². The van der Waals surface area contributed by atoms with E-state index < -0.39 is 10.0 Å². The van der Waals surface area contributed by atoms with Gasteiger partial charge in [-0.3, -0.25) is 4.79 Å². The molecule has 0 spiro atoms. The third kappa shape index (κ3) is 5.05. The first kappa shape index (κ1) is 24.0. The molecule has 2 aromatic rings. The smallest absolute Gasteiger partial charge is 0.248 e. The summed E-state index contributed by atoms with van der Waals surface area (Å²) in [6.07, 6.45) is 4.41. The molecule has 174 valence electrons. The number of nitrogens with zero attached hydrogens (tertiary/aromatic N) is 3. The predicted octanol–water partition coefficient (Wildman–Crippen LogP) is 3.43. The fraction of sp³-hybridized carbons (Fsp3) is 0.478. The monoisotopic (exact) mass is 461 g/mol. The summed E-state index contributed by atoms with van der Waals surface area (Å²) in [5, 5.41) is 3.89. The van der Waals surface area contributed by atoms with Gasteiger partial charge in [-0.05, 0) is 57.4 Å². The van der Waals surface area contributed by atoms with Crippen LogP contribution < -0.4 is 4.74 Å². The first-order chi connectivity index (χ1) is 15.3. The Kier molecular flexibility index (Phi) is 7.73. The van der Waals surface area contributed by atoms with Crippen molar-refractivity contribution in [2.24, 2.45) is 5.92 Å². The lowest BCUT2D eigenvalue weighted by molar-refractivity contribution is -0.136. The molecule has 1 fully saturated rings. The zero-order valence-corrected chi connectivity index (χ0v) is 19.9. The largest absolute Gasteiger partial charge is 0.497 e. The van der Waals surface area contributed by atoms with Crippen LogP contribution in [0.4, 0.5) is 0 Å². The van der Waals surface area contributed by atoms with Crippen LogP contribution in [0.15, 0.2) is 33.7 Å². The van der Waals surface area contributed by atoms with Crippen molar-refractivity contribution in [3.05, 3.63) is 41.3 Å². The van der Waals surface area contributed by atoms with E-state index in [1.54, 1.807) is 31.1 Å². The van der Waals surface area contributed by atoms with E-state index in [0.29, 0.717) is 44.7 Å². The molecule has 0 saturated carbocycles. The molecule has 32 heavy (non-hydrogen) atoms. The van der Waals surface area contributed by atoms with Crippen LogP contribution in [0.2, 0.25) is 0 Å². The minimum atomic E-state index is -3.79. The van der Waals surface area contributed by atoms with E-state index in [1.165, 1.54) is 4.31 Å². The Balaban J connectivity index is 1.76. The van der Waals surface area contributed by atoms with Crippen molar-refractivity contribution in [3.63, 3.8) is 0 Å². The molecular formula is C23H31N3O5S. The molecule has 1 saturated heterocycles. The van der Waals surface area contributed by atoms with Gasteiger partial charge in [-0.25, -0.2) is 8.42 Å². The van der Waals surface area contributed by atoms with Crippen LogP contribution >= 0.6 is 0 Å². The maximum Gasteiger partial charge on any atom is 0.248 e. The highest BCUT2D eigenvalue weighted by Crippen LogP contribution is 2.30. The van der Waals surface area contributed by atoms with Crippen LogP contribution in [-0.4, -0.2) is 62.0 Å². The lowest BCUT2D eigenvalue weighted by Gasteiger charge is -2.33. The summed E-state index contributed by atoms with van der Waals surface area (Å²) in [4.78, 5) is 14.5. The van der Waals surface area contributed by atoms with Crippen LogP contribution in [0, 0.1) is 12.8 Å². The first-order valence-corrected chi connectivity index (χ1v) is 12.3. The van der Waals surface area contributed by atoms with E-state index in [1.807, 2.05) is 38.1 Å². The fourth-order valence-corrected chi connectivity index (χ4v) is 5.67. The Morgan fingerprint density at radius 1 is 1.19 bits per heavy atom. The zero-order chi connectivity index (χ0) is 23.3. The molecule has 1 aromatic heterocycles. The molecule has 9 heteroatoms. The lowest BCUT2D eigenvalue weighted by atomic mass is 9.96. The van der Waals surface area contributed by atoms with Gasteiger partial charge in [0.2, 0.25) is 15.9 Å². The number of hydrogen-bond acceptors (Lipinski definition) is 6. The van der Waals surface area contributed by atoms with Crippen molar-refractivity contribution in [1.82, 2.24) is 14.4 Å². The number of piperidine rings is 1. The molecular weight excluding hydrogens is 430 g/mol. The van der Waals surface area contributed by atoms with E-state index in [2.05, 4.69) is 5.16 Å². The van der Waals surface area contributed by atoms with Gasteiger partial charge >= 0.3 is 0 Å². The van der Waals surface area contributed by atoms with Crippen molar-refractivity contribution in [2.75, 3.05) is 33.3 Å². The fourth-order valence-electron chi connectivity index (χ4n) is 3.95. The summed E-state index contributed by atoms with van der Waals surface area (Å²) in [6, 6.07) is 7.38. The minimum Gasteiger partial charge on any atom is -0.497 e. The van der Waals surface area contributed by atoms with E-state index in [4.69, 9.17) is 9.26 Å². The molecule has 0 N–H and O–H groups in total. The number of methoxy groups -OCH3 is 1. The number of carbonyl (C=O) groups is 1. The number of hydrogen-bond donors (Lipinski definition) is 0. The normalized spacial score (nSPS) is 15.9. The maximum atomic E-state index is 13.4. The molecule has 0 atom stereocenters. The molecule has 1 amide bonds. The third-order valence-corrected chi connectivity index (χ3v) is 7.91. The number of ether oxygens (including phenoxy) is 1. The average Bonchev–Trinajstić information content (AvgIpc) is 3.20. The highest BCUT2D eigenvalue weighted by Gasteiger charge is 2.36. The Morgan fingerprint density at radius 2 is 1.81 bits per heavy atom. The van der Waals surface area contributed by atoms with Crippen molar-refractivity contribution in [3.8, 4) is 5.75 Å². The van der Waals surface area contributed by atoms with Gasteiger partial charge in [0.05, 0.1) is 7.11 Å². The summed E-state index contributed by atoms with van der Waals surface area (Å²) in [5.74, 6) is 0.902. The van der Waals surface area contributed by atoms with Gasteiger partial charge in [0, 0.05) is 32.1 Å².